The Morgan fingerprint density at radius 1 is 1.15 bits per heavy atom. The first-order valence-corrected chi connectivity index (χ1v) is 6.72. The van der Waals surface area contributed by atoms with Crippen LogP contribution < -0.4 is 10.1 Å². The van der Waals surface area contributed by atoms with Gasteiger partial charge < -0.3 is 10.1 Å². The van der Waals surface area contributed by atoms with Gasteiger partial charge in [0.15, 0.2) is 0 Å². The predicted molar refractivity (Wildman–Crippen MR) is 81.5 cm³/mol. The molecule has 0 fully saturated rings. The van der Waals surface area contributed by atoms with Crippen LogP contribution in [0.4, 0.5) is 5.69 Å². The highest BCUT2D eigenvalue weighted by Gasteiger charge is 2.09. The van der Waals surface area contributed by atoms with Crippen LogP contribution in [-0.4, -0.2) is 12.5 Å². The average Bonchev–Trinajstić information content (AvgIpc) is 2.44. The molecule has 0 aromatic heterocycles. The molecule has 0 heterocycles. The van der Waals surface area contributed by atoms with Crippen molar-refractivity contribution in [1.82, 2.24) is 0 Å². The van der Waals surface area contributed by atoms with Gasteiger partial charge >= 0.3 is 0 Å². The van der Waals surface area contributed by atoms with Crippen LogP contribution >= 0.6 is 0 Å². The number of benzene rings is 2. The Bertz CT molecular complexity index is 620. The topological polar surface area (TPSA) is 38.3 Å². The van der Waals surface area contributed by atoms with Gasteiger partial charge in [0.25, 0.3) is 5.91 Å². The van der Waals surface area contributed by atoms with Crippen molar-refractivity contribution < 1.29 is 9.53 Å². The molecule has 20 heavy (non-hydrogen) atoms. The van der Waals surface area contributed by atoms with Crippen LogP contribution in [0.25, 0.3) is 0 Å². The van der Waals surface area contributed by atoms with Gasteiger partial charge in [-0.3, -0.25) is 4.79 Å². The summed E-state index contributed by atoms with van der Waals surface area (Å²) in [5, 5.41) is 2.94. The molecule has 0 radical (unpaired) electrons. The zero-order chi connectivity index (χ0) is 14.5. The predicted octanol–water partition coefficient (Wildman–Crippen LogP) is 3.95. The molecule has 0 atom stereocenters. The highest BCUT2D eigenvalue weighted by atomic mass is 16.5. The smallest absolute Gasteiger partial charge is 0.255 e. The molecule has 2 rings (SSSR count). The van der Waals surface area contributed by atoms with Crippen molar-refractivity contribution in [2.45, 2.75) is 20.8 Å². The summed E-state index contributed by atoms with van der Waals surface area (Å²) in [6.45, 7) is 6.53. The number of nitrogens with one attached hydrogen (secondary N) is 1. The third kappa shape index (κ3) is 3.18. The summed E-state index contributed by atoms with van der Waals surface area (Å²) in [4.78, 5) is 12.3. The van der Waals surface area contributed by atoms with Gasteiger partial charge in [-0.05, 0) is 56.2 Å². The number of ether oxygens (including phenoxy) is 1. The summed E-state index contributed by atoms with van der Waals surface area (Å²) in [5.74, 6) is 0.585. The van der Waals surface area contributed by atoms with E-state index >= 15 is 0 Å². The molecule has 0 spiro atoms. The van der Waals surface area contributed by atoms with Gasteiger partial charge in [-0.1, -0.05) is 18.2 Å². The van der Waals surface area contributed by atoms with Crippen LogP contribution in [-0.2, 0) is 0 Å². The minimum Gasteiger partial charge on any atom is -0.494 e. The molecule has 0 unspecified atom stereocenters. The van der Waals surface area contributed by atoms with E-state index in [0.717, 1.165) is 16.8 Å². The molecule has 0 aliphatic carbocycles. The summed E-state index contributed by atoms with van der Waals surface area (Å²) >= 11 is 0. The maximum absolute atomic E-state index is 12.3. The Morgan fingerprint density at radius 3 is 2.65 bits per heavy atom. The SMILES string of the molecule is CCOc1cccc(C(=O)Nc2cccc(C)c2C)c1. The van der Waals surface area contributed by atoms with E-state index in [0.29, 0.717) is 17.9 Å². The maximum atomic E-state index is 12.3. The third-order valence-corrected chi connectivity index (χ3v) is 3.26. The molecule has 3 heteroatoms. The van der Waals surface area contributed by atoms with E-state index in [1.54, 1.807) is 12.1 Å². The minimum atomic E-state index is -0.125. The van der Waals surface area contributed by atoms with Gasteiger partial charge in [0.05, 0.1) is 6.61 Å². The van der Waals surface area contributed by atoms with Crippen LogP contribution in [0.1, 0.15) is 28.4 Å². The maximum Gasteiger partial charge on any atom is 0.255 e. The molecule has 1 N–H and O–H groups in total. The molecule has 3 nitrogen and oxygen atoms in total. The van der Waals surface area contributed by atoms with E-state index in [1.165, 1.54) is 0 Å². The molecule has 0 saturated carbocycles. The first kappa shape index (κ1) is 14.1. The van der Waals surface area contributed by atoms with Crippen LogP contribution in [0.15, 0.2) is 42.5 Å². The van der Waals surface area contributed by atoms with Crippen molar-refractivity contribution in [2.24, 2.45) is 0 Å². The molecule has 0 saturated heterocycles. The van der Waals surface area contributed by atoms with Crippen molar-refractivity contribution in [3.63, 3.8) is 0 Å². The van der Waals surface area contributed by atoms with Crippen molar-refractivity contribution >= 4 is 11.6 Å². The molecular weight excluding hydrogens is 250 g/mol. The number of carbonyl (C=O) groups is 1. The van der Waals surface area contributed by atoms with Crippen molar-refractivity contribution in [1.29, 1.82) is 0 Å². The summed E-state index contributed by atoms with van der Waals surface area (Å²) in [6.07, 6.45) is 0. The van der Waals surface area contributed by atoms with E-state index in [2.05, 4.69) is 5.32 Å². The first-order valence-electron chi connectivity index (χ1n) is 6.72. The van der Waals surface area contributed by atoms with Crippen LogP contribution in [0.3, 0.4) is 0 Å². The Labute approximate surface area is 119 Å². The Morgan fingerprint density at radius 2 is 1.90 bits per heavy atom. The normalized spacial score (nSPS) is 10.2. The third-order valence-electron chi connectivity index (χ3n) is 3.26. The summed E-state index contributed by atoms with van der Waals surface area (Å²) < 4.78 is 5.41. The lowest BCUT2D eigenvalue weighted by molar-refractivity contribution is 0.102. The highest BCUT2D eigenvalue weighted by molar-refractivity contribution is 6.04. The second kappa shape index (κ2) is 6.24. The van der Waals surface area contributed by atoms with Gasteiger partial charge in [-0.2, -0.15) is 0 Å². The molecule has 0 bridgehead atoms. The second-order valence-electron chi connectivity index (χ2n) is 4.66. The molecule has 2 aromatic rings. The number of rotatable bonds is 4. The second-order valence-corrected chi connectivity index (χ2v) is 4.66. The lowest BCUT2D eigenvalue weighted by atomic mass is 10.1. The number of hydrogen-bond acceptors (Lipinski definition) is 2. The molecule has 1 amide bonds. The highest BCUT2D eigenvalue weighted by Crippen LogP contribution is 2.20. The van der Waals surface area contributed by atoms with E-state index in [1.807, 2.05) is 51.1 Å². The molecule has 104 valence electrons. The van der Waals surface area contributed by atoms with E-state index in [-0.39, 0.29) is 5.91 Å². The fourth-order valence-electron chi connectivity index (χ4n) is 1.97. The van der Waals surface area contributed by atoms with Crippen molar-refractivity contribution in [3.05, 3.63) is 59.2 Å². The van der Waals surface area contributed by atoms with Gasteiger partial charge in [0.2, 0.25) is 0 Å². The average molecular weight is 269 g/mol. The van der Waals surface area contributed by atoms with E-state index in [4.69, 9.17) is 4.74 Å². The number of anilines is 1. The van der Waals surface area contributed by atoms with Crippen molar-refractivity contribution in [2.75, 3.05) is 11.9 Å². The Kier molecular flexibility index (Phi) is 4.41. The number of hydrogen-bond donors (Lipinski definition) is 1. The standard InChI is InChI=1S/C17H19NO2/c1-4-20-15-9-6-8-14(11-15)17(19)18-16-10-5-7-12(2)13(16)3/h5-11H,4H2,1-3H3,(H,18,19). The quantitative estimate of drug-likeness (QED) is 0.912. The lowest BCUT2D eigenvalue weighted by Crippen LogP contribution is -2.13. The summed E-state index contributed by atoms with van der Waals surface area (Å²) in [6, 6.07) is 13.1. The molecular formula is C17H19NO2. The molecule has 2 aromatic carbocycles. The Balaban J connectivity index is 2.19. The number of amides is 1. The zero-order valence-electron chi connectivity index (χ0n) is 12.1. The summed E-state index contributed by atoms with van der Waals surface area (Å²) in [7, 11) is 0. The molecule has 0 aliphatic rings. The van der Waals surface area contributed by atoms with Gasteiger partial charge in [-0.25, -0.2) is 0 Å². The zero-order valence-corrected chi connectivity index (χ0v) is 12.1. The van der Waals surface area contributed by atoms with E-state index in [9.17, 15) is 4.79 Å². The first-order chi connectivity index (χ1) is 9.61. The van der Waals surface area contributed by atoms with Crippen LogP contribution in [0, 0.1) is 13.8 Å². The summed E-state index contributed by atoms with van der Waals surface area (Å²) in [5.41, 5.74) is 3.68. The number of aryl methyl sites for hydroxylation is 1. The Hall–Kier alpha value is -2.29. The number of carbonyl (C=O) groups excluding carboxylic acids is 1. The monoisotopic (exact) mass is 269 g/mol. The van der Waals surface area contributed by atoms with Crippen LogP contribution in [0.5, 0.6) is 5.75 Å². The van der Waals surface area contributed by atoms with Gasteiger partial charge in [0.1, 0.15) is 5.75 Å². The van der Waals surface area contributed by atoms with Gasteiger partial charge in [-0.15, -0.1) is 0 Å². The van der Waals surface area contributed by atoms with E-state index < -0.39 is 0 Å². The van der Waals surface area contributed by atoms with Gasteiger partial charge in [0, 0.05) is 11.3 Å². The van der Waals surface area contributed by atoms with Crippen molar-refractivity contribution in [3.8, 4) is 5.75 Å². The largest absolute Gasteiger partial charge is 0.494 e. The lowest BCUT2D eigenvalue weighted by Gasteiger charge is -2.11. The fourth-order valence-corrected chi connectivity index (χ4v) is 1.97. The minimum absolute atomic E-state index is 0.125. The van der Waals surface area contributed by atoms with Crippen LogP contribution in [0.2, 0.25) is 0 Å². The molecule has 0 aliphatic heterocycles. The fraction of sp³-hybridized carbons (Fsp3) is 0.235.